The Balaban J connectivity index is 1.56. The molecule has 4 aromatic heterocycles. The Morgan fingerprint density at radius 3 is 2.79 bits per heavy atom. The Labute approximate surface area is 167 Å². The van der Waals surface area contributed by atoms with Gasteiger partial charge in [-0.1, -0.05) is 0 Å². The first-order chi connectivity index (χ1) is 13.4. The molecule has 0 saturated carbocycles. The number of nitrogens with zero attached hydrogens (tertiary/aromatic N) is 1. The number of carbonyl (C=O) groups is 2. The number of hydrogen-bond acceptors (Lipinski definition) is 7. The average Bonchev–Trinajstić information content (AvgIpc) is 3.38. The molecule has 0 amide bonds. The fourth-order valence-electron chi connectivity index (χ4n) is 2.75. The lowest BCUT2D eigenvalue weighted by Crippen LogP contribution is -2.14. The summed E-state index contributed by atoms with van der Waals surface area (Å²) < 4.78 is 5.20. The smallest absolute Gasteiger partial charge is 0.355 e. The van der Waals surface area contributed by atoms with E-state index < -0.39 is 5.97 Å². The third-order valence-electron chi connectivity index (χ3n) is 4.15. The van der Waals surface area contributed by atoms with E-state index in [4.69, 9.17) is 4.74 Å². The number of aryl methyl sites for hydroxylation is 1. The molecule has 4 heterocycles. The highest BCUT2D eigenvalue weighted by Crippen LogP contribution is 2.34. The molecular weight excluding hydrogens is 398 g/mol. The van der Waals surface area contributed by atoms with Crippen molar-refractivity contribution in [3.05, 3.63) is 62.1 Å². The van der Waals surface area contributed by atoms with Gasteiger partial charge in [0.25, 0.3) is 5.56 Å². The summed E-state index contributed by atoms with van der Waals surface area (Å²) in [5.41, 5.74) is 1.16. The van der Waals surface area contributed by atoms with Gasteiger partial charge in [0.05, 0.1) is 5.39 Å². The van der Waals surface area contributed by atoms with Crippen LogP contribution in [-0.2, 0) is 11.3 Å². The normalized spacial score (nSPS) is 11.1. The van der Waals surface area contributed by atoms with Gasteiger partial charge in [-0.25, -0.2) is 9.78 Å². The number of H-pyrrole nitrogens is 2. The monoisotopic (exact) mass is 413 g/mol. The zero-order valence-electron chi connectivity index (χ0n) is 15.0. The van der Waals surface area contributed by atoms with Gasteiger partial charge in [0.15, 0.2) is 5.78 Å². The molecule has 0 aliphatic heterocycles. The van der Waals surface area contributed by atoms with E-state index in [0.717, 1.165) is 10.4 Å². The van der Waals surface area contributed by atoms with Crippen LogP contribution >= 0.6 is 22.7 Å². The second kappa shape index (κ2) is 7.17. The molecule has 9 heteroatoms. The maximum absolute atomic E-state index is 12.6. The molecule has 0 fully saturated rings. The summed E-state index contributed by atoms with van der Waals surface area (Å²) in [4.78, 5) is 48.6. The van der Waals surface area contributed by atoms with Crippen molar-refractivity contribution in [3.63, 3.8) is 0 Å². The van der Waals surface area contributed by atoms with Gasteiger partial charge >= 0.3 is 5.97 Å². The summed E-state index contributed by atoms with van der Waals surface area (Å²) in [6.45, 7) is 3.25. The first kappa shape index (κ1) is 18.3. The van der Waals surface area contributed by atoms with Gasteiger partial charge in [-0.3, -0.25) is 9.59 Å². The number of carbonyl (C=O) groups excluding carboxylic acids is 2. The van der Waals surface area contributed by atoms with Crippen LogP contribution in [0.5, 0.6) is 0 Å². The zero-order valence-corrected chi connectivity index (χ0v) is 16.6. The maximum Gasteiger partial charge on any atom is 0.355 e. The van der Waals surface area contributed by atoms with Gasteiger partial charge in [-0.15, -0.1) is 22.7 Å². The molecule has 0 bridgehead atoms. The molecule has 0 spiro atoms. The molecule has 0 saturated heterocycles. The summed E-state index contributed by atoms with van der Waals surface area (Å²) in [7, 11) is 0. The molecular formula is C19H15N3O4S2. The van der Waals surface area contributed by atoms with E-state index in [1.165, 1.54) is 35.4 Å². The largest absolute Gasteiger partial charge is 0.453 e. The molecule has 28 heavy (non-hydrogen) atoms. The molecule has 0 radical (unpaired) electrons. The summed E-state index contributed by atoms with van der Waals surface area (Å²) >= 11 is 2.99. The van der Waals surface area contributed by atoms with Crippen LogP contribution in [0, 0.1) is 6.92 Å². The Bertz CT molecular complexity index is 1260. The Morgan fingerprint density at radius 1 is 1.29 bits per heavy atom. The molecule has 2 N–H and O–H groups in total. The lowest BCUT2D eigenvalue weighted by molar-refractivity contribution is 0.0456. The number of fused-ring (bicyclic) bond motifs is 1. The van der Waals surface area contributed by atoms with Gasteiger partial charge in [0.1, 0.15) is 23.0 Å². The molecule has 0 aliphatic rings. The number of ether oxygens (including phenoxy) is 1. The highest BCUT2D eigenvalue weighted by Gasteiger charge is 2.16. The van der Waals surface area contributed by atoms with Crippen molar-refractivity contribution in [3.8, 4) is 10.4 Å². The predicted octanol–water partition coefficient (Wildman–Crippen LogP) is 3.91. The highest BCUT2D eigenvalue weighted by atomic mass is 32.1. The van der Waals surface area contributed by atoms with Crippen LogP contribution in [0.1, 0.15) is 38.5 Å². The van der Waals surface area contributed by atoms with Crippen molar-refractivity contribution >= 4 is 44.6 Å². The number of esters is 1. The third-order valence-corrected chi connectivity index (χ3v) is 6.05. The SMILES string of the molecule is CC(=O)c1c[nH]c(C(=O)OCc2nc3scc(-c4ccc(C)s4)c3c(=O)[nH]2)c1. The van der Waals surface area contributed by atoms with E-state index in [1.807, 2.05) is 24.4 Å². The van der Waals surface area contributed by atoms with Crippen molar-refractivity contribution in [2.45, 2.75) is 20.5 Å². The van der Waals surface area contributed by atoms with E-state index in [0.29, 0.717) is 15.8 Å². The van der Waals surface area contributed by atoms with E-state index in [9.17, 15) is 14.4 Å². The highest BCUT2D eigenvalue weighted by molar-refractivity contribution is 7.19. The van der Waals surface area contributed by atoms with Crippen molar-refractivity contribution in [2.24, 2.45) is 0 Å². The first-order valence-electron chi connectivity index (χ1n) is 8.36. The number of thiophene rings is 2. The van der Waals surface area contributed by atoms with Gasteiger partial charge in [-0.2, -0.15) is 0 Å². The van der Waals surface area contributed by atoms with Crippen LogP contribution in [0.3, 0.4) is 0 Å². The molecule has 4 rings (SSSR count). The fraction of sp³-hybridized carbons (Fsp3) is 0.158. The summed E-state index contributed by atoms with van der Waals surface area (Å²) in [6, 6.07) is 5.43. The number of hydrogen-bond donors (Lipinski definition) is 2. The Hall–Kier alpha value is -3.04. The molecule has 0 atom stereocenters. The third kappa shape index (κ3) is 3.41. The molecule has 7 nitrogen and oxygen atoms in total. The number of aromatic amines is 2. The van der Waals surface area contributed by atoms with Crippen LogP contribution in [0.2, 0.25) is 0 Å². The van der Waals surface area contributed by atoms with Crippen LogP contribution in [-0.4, -0.2) is 26.7 Å². The number of ketones is 1. The van der Waals surface area contributed by atoms with Gasteiger partial charge in [-0.05, 0) is 32.0 Å². The van der Waals surface area contributed by atoms with E-state index in [-0.39, 0.29) is 29.5 Å². The molecule has 0 unspecified atom stereocenters. The van der Waals surface area contributed by atoms with Gasteiger partial charge < -0.3 is 14.7 Å². The number of Topliss-reactive ketones (excluding diaryl/α,β-unsaturated/α-hetero) is 1. The molecule has 142 valence electrons. The Kier molecular flexibility index (Phi) is 4.70. The van der Waals surface area contributed by atoms with Crippen LogP contribution in [0.4, 0.5) is 0 Å². The minimum atomic E-state index is -0.629. The lowest BCUT2D eigenvalue weighted by atomic mass is 10.2. The quantitative estimate of drug-likeness (QED) is 0.381. The number of rotatable bonds is 5. The standard InChI is InChI=1S/C19H15N3O4S2/c1-9-3-4-14(28-9)12-8-27-18-16(12)17(24)21-15(22-18)7-26-19(25)13-5-11(6-20-13)10(2)23/h3-6,8,20H,7H2,1-2H3,(H,21,22,24). The second-order valence-corrected chi connectivity index (χ2v) is 8.33. The van der Waals surface area contributed by atoms with Gasteiger partial charge in [0.2, 0.25) is 0 Å². The lowest BCUT2D eigenvalue weighted by Gasteiger charge is -2.03. The summed E-state index contributed by atoms with van der Waals surface area (Å²) in [5.74, 6) is -0.516. The summed E-state index contributed by atoms with van der Waals surface area (Å²) in [5, 5.41) is 2.45. The molecule has 0 aromatic carbocycles. The fourth-order valence-corrected chi connectivity index (χ4v) is 4.67. The van der Waals surface area contributed by atoms with Crippen molar-refractivity contribution in [2.75, 3.05) is 0 Å². The van der Waals surface area contributed by atoms with E-state index >= 15 is 0 Å². The van der Waals surface area contributed by atoms with Gasteiger partial charge in [0, 0.05) is 32.5 Å². The number of nitrogens with one attached hydrogen (secondary N) is 2. The number of aromatic nitrogens is 3. The second-order valence-electron chi connectivity index (χ2n) is 6.19. The van der Waals surface area contributed by atoms with E-state index in [1.54, 1.807) is 11.3 Å². The molecule has 4 aromatic rings. The zero-order chi connectivity index (χ0) is 19.8. The van der Waals surface area contributed by atoms with Crippen molar-refractivity contribution in [1.29, 1.82) is 0 Å². The molecule has 0 aliphatic carbocycles. The Morgan fingerprint density at radius 2 is 2.11 bits per heavy atom. The van der Waals surface area contributed by atoms with E-state index in [2.05, 4.69) is 15.0 Å². The van der Waals surface area contributed by atoms with Crippen molar-refractivity contribution in [1.82, 2.24) is 15.0 Å². The predicted molar refractivity (Wildman–Crippen MR) is 108 cm³/mol. The van der Waals surface area contributed by atoms with Crippen LogP contribution < -0.4 is 5.56 Å². The van der Waals surface area contributed by atoms with Crippen molar-refractivity contribution < 1.29 is 14.3 Å². The van der Waals surface area contributed by atoms with Crippen LogP contribution in [0.25, 0.3) is 20.7 Å². The summed E-state index contributed by atoms with van der Waals surface area (Å²) in [6.07, 6.45) is 1.45. The minimum Gasteiger partial charge on any atom is -0.453 e. The van der Waals surface area contributed by atoms with Crippen LogP contribution in [0.15, 0.2) is 34.6 Å². The first-order valence-corrected chi connectivity index (χ1v) is 10.1. The maximum atomic E-state index is 12.6. The topological polar surface area (TPSA) is 105 Å². The average molecular weight is 413 g/mol. The minimum absolute atomic E-state index is 0.152.